The lowest BCUT2D eigenvalue weighted by atomic mass is 10.1. The molecule has 1 heterocycles. The molecule has 0 spiro atoms. The molecule has 5 nitrogen and oxygen atoms in total. The highest BCUT2D eigenvalue weighted by molar-refractivity contribution is 9.10. The number of hydrogen-bond acceptors (Lipinski definition) is 3. The van der Waals surface area contributed by atoms with E-state index < -0.39 is 11.7 Å². The van der Waals surface area contributed by atoms with Crippen LogP contribution < -0.4 is 10.2 Å². The Morgan fingerprint density at radius 3 is 2.62 bits per heavy atom. The normalized spacial score (nSPS) is 13.9. The van der Waals surface area contributed by atoms with Crippen LogP contribution >= 0.6 is 15.9 Å². The number of amides is 2. The van der Waals surface area contributed by atoms with Gasteiger partial charge in [-0.25, -0.2) is 0 Å². The third kappa shape index (κ3) is 3.15. The summed E-state index contributed by atoms with van der Waals surface area (Å²) in [5.74, 6) is -1.21. The van der Waals surface area contributed by atoms with Gasteiger partial charge in [-0.2, -0.15) is 0 Å². The van der Waals surface area contributed by atoms with Gasteiger partial charge < -0.3 is 10.2 Å². The molecule has 0 aromatic heterocycles. The lowest BCUT2D eigenvalue weighted by molar-refractivity contribution is -0.121. The number of benzene rings is 1. The summed E-state index contributed by atoms with van der Waals surface area (Å²) in [4.78, 5) is 37.2. The van der Waals surface area contributed by atoms with Gasteiger partial charge in [-0.3, -0.25) is 14.4 Å². The van der Waals surface area contributed by atoms with Crippen LogP contribution in [0, 0.1) is 6.92 Å². The van der Waals surface area contributed by atoms with E-state index in [4.69, 9.17) is 0 Å². The van der Waals surface area contributed by atoms with Gasteiger partial charge in [0, 0.05) is 23.5 Å². The zero-order valence-electron chi connectivity index (χ0n) is 12.2. The Balaban J connectivity index is 2.21. The molecule has 0 aliphatic carbocycles. The molecule has 1 aromatic carbocycles. The Hall–Kier alpha value is -1.69. The maximum Gasteiger partial charge on any atom is 0.299 e. The minimum atomic E-state index is -0.566. The van der Waals surface area contributed by atoms with Crippen molar-refractivity contribution in [2.45, 2.75) is 33.2 Å². The molecule has 0 fully saturated rings. The van der Waals surface area contributed by atoms with Crippen LogP contribution in [0.1, 0.15) is 36.2 Å². The van der Waals surface area contributed by atoms with Gasteiger partial charge in [-0.15, -0.1) is 0 Å². The molecule has 112 valence electrons. The van der Waals surface area contributed by atoms with Gasteiger partial charge in [0.25, 0.3) is 11.7 Å². The zero-order chi connectivity index (χ0) is 15.7. The first kappa shape index (κ1) is 15.7. The number of Topliss-reactive ketones (excluding diaryl/α,β-unsaturated/α-hetero) is 1. The molecule has 2 amide bonds. The van der Waals surface area contributed by atoms with Crippen LogP contribution in [0.5, 0.6) is 0 Å². The molecule has 0 saturated heterocycles. The molecule has 1 aromatic rings. The average Bonchev–Trinajstić information content (AvgIpc) is 2.60. The highest BCUT2D eigenvalue weighted by Crippen LogP contribution is 2.34. The SMILES string of the molecule is Cc1cc(Br)cc2c1N(CCC(=O)NC(C)C)C(=O)C2=O. The number of rotatable bonds is 4. The third-order valence-corrected chi connectivity index (χ3v) is 3.69. The summed E-state index contributed by atoms with van der Waals surface area (Å²) in [6.07, 6.45) is 0.173. The van der Waals surface area contributed by atoms with Crippen molar-refractivity contribution in [1.29, 1.82) is 0 Å². The smallest absolute Gasteiger partial charge is 0.299 e. The van der Waals surface area contributed by atoms with E-state index in [9.17, 15) is 14.4 Å². The van der Waals surface area contributed by atoms with Gasteiger partial charge in [0.1, 0.15) is 0 Å². The minimum Gasteiger partial charge on any atom is -0.354 e. The monoisotopic (exact) mass is 352 g/mol. The molecule has 2 rings (SSSR count). The number of anilines is 1. The second-order valence-corrected chi connectivity index (χ2v) is 6.29. The minimum absolute atomic E-state index is 0.0541. The number of ketones is 1. The van der Waals surface area contributed by atoms with Gasteiger partial charge in [0.05, 0.1) is 11.3 Å². The first-order valence-electron chi connectivity index (χ1n) is 6.77. The number of carbonyl (C=O) groups is 3. The topological polar surface area (TPSA) is 66.5 Å². The van der Waals surface area contributed by atoms with Gasteiger partial charge in [-0.1, -0.05) is 15.9 Å². The van der Waals surface area contributed by atoms with E-state index in [0.29, 0.717) is 11.3 Å². The van der Waals surface area contributed by atoms with Crippen LogP contribution in [0.4, 0.5) is 5.69 Å². The summed E-state index contributed by atoms with van der Waals surface area (Å²) in [5.41, 5.74) is 1.85. The lowest BCUT2D eigenvalue weighted by Crippen LogP contribution is -2.36. The second-order valence-electron chi connectivity index (χ2n) is 5.38. The van der Waals surface area contributed by atoms with Crippen molar-refractivity contribution in [3.05, 3.63) is 27.7 Å². The van der Waals surface area contributed by atoms with Gasteiger partial charge in [0.15, 0.2) is 0 Å². The van der Waals surface area contributed by atoms with E-state index in [2.05, 4.69) is 21.2 Å². The van der Waals surface area contributed by atoms with Crippen LogP contribution in [0.3, 0.4) is 0 Å². The van der Waals surface area contributed by atoms with E-state index in [1.54, 1.807) is 6.07 Å². The maximum absolute atomic E-state index is 12.1. The highest BCUT2D eigenvalue weighted by atomic mass is 79.9. The van der Waals surface area contributed by atoms with Gasteiger partial charge >= 0.3 is 0 Å². The van der Waals surface area contributed by atoms with Crippen LogP contribution in [0.15, 0.2) is 16.6 Å². The average molecular weight is 353 g/mol. The standard InChI is InChI=1S/C15H17BrN2O3/c1-8(2)17-12(19)4-5-18-13-9(3)6-10(16)7-11(13)14(20)15(18)21/h6-8H,4-5H2,1-3H3,(H,17,19). The van der Waals surface area contributed by atoms with Crippen molar-refractivity contribution in [2.75, 3.05) is 11.4 Å². The molecule has 6 heteroatoms. The molecule has 0 unspecified atom stereocenters. The van der Waals surface area contributed by atoms with E-state index in [-0.39, 0.29) is 24.9 Å². The number of hydrogen-bond donors (Lipinski definition) is 1. The van der Waals surface area contributed by atoms with E-state index in [0.717, 1.165) is 10.0 Å². The van der Waals surface area contributed by atoms with Crippen LogP contribution in [-0.4, -0.2) is 30.2 Å². The van der Waals surface area contributed by atoms with Crippen molar-refractivity contribution in [3.63, 3.8) is 0 Å². The number of nitrogens with one attached hydrogen (secondary N) is 1. The quantitative estimate of drug-likeness (QED) is 0.844. The first-order valence-corrected chi connectivity index (χ1v) is 7.56. The molecule has 21 heavy (non-hydrogen) atoms. The Kier molecular flexibility index (Phi) is 4.46. The van der Waals surface area contributed by atoms with Crippen molar-refractivity contribution in [3.8, 4) is 0 Å². The molecule has 1 aliphatic rings. The Morgan fingerprint density at radius 1 is 1.33 bits per heavy atom. The molecule has 0 bridgehead atoms. The number of aryl methyl sites for hydroxylation is 1. The Bertz CT molecular complexity index is 626. The van der Waals surface area contributed by atoms with E-state index in [1.165, 1.54) is 4.90 Å². The maximum atomic E-state index is 12.1. The fourth-order valence-corrected chi connectivity index (χ4v) is 3.00. The Morgan fingerprint density at radius 2 is 2.00 bits per heavy atom. The lowest BCUT2D eigenvalue weighted by Gasteiger charge is -2.18. The van der Waals surface area contributed by atoms with Crippen LogP contribution in [0.25, 0.3) is 0 Å². The zero-order valence-corrected chi connectivity index (χ0v) is 13.8. The third-order valence-electron chi connectivity index (χ3n) is 3.23. The van der Waals surface area contributed by atoms with E-state index >= 15 is 0 Å². The largest absolute Gasteiger partial charge is 0.354 e. The number of fused-ring (bicyclic) bond motifs is 1. The van der Waals surface area contributed by atoms with Crippen LogP contribution in [-0.2, 0) is 9.59 Å². The van der Waals surface area contributed by atoms with Crippen molar-refractivity contribution < 1.29 is 14.4 Å². The molecule has 1 aliphatic heterocycles. The second kappa shape index (κ2) is 5.97. The molecular weight excluding hydrogens is 336 g/mol. The number of carbonyl (C=O) groups excluding carboxylic acids is 3. The summed E-state index contributed by atoms with van der Waals surface area (Å²) in [6, 6.07) is 3.56. The van der Waals surface area contributed by atoms with Crippen molar-refractivity contribution in [2.24, 2.45) is 0 Å². The predicted molar refractivity (Wildman–Crippen MR) is 83.5 cm³/mol. The number of halogens is 1. The molecule has 1 N–H and O–H groups in total. The van der Waals surface area contributed by atoms with Crippen LogP contribution in [0.2, 0.25) is 0 Å². The summed E-state index contributed by atoms with van der Waals surface area (Å²) in [6.45, 7) is 5.80. The molecule has 0 radical (unpaired) electrons. The molecule has 0 saturated carbocycles. The summed E-state index contributed by atoms with van der Waals surface area (Å²) in [5, 5.41) is 2.77. The fourth-order valence-electron chi connectivity index (χ4n) is 2.43. The summed E-state index contributed by atoms with van der Waals surface area (Å²) >= 11 is 3.33. The fraction of sp³-hybridized carbons (Fsp3) is 0.400. The molecule has 0 atom stereocenters. The van der Waals surface area contributed by atoms with Gasteiger partial charge in [0.2, 0.25) is 5.91 Å². The first-order chi connectivity index (χ1) is 9.81. The van der Waals surface area contributed by atoms with Gasteiger partial charge in [-0.05, 0) is 38.5 Å². The van der Waals surface area contributed by atoms with E-state index in [1.807, 2.05) is 26.8 Å². The van der Waals surface area contributed by atoms with Crippen molar-refractivity contribution >= 4 is 39.2 Å². The summed E-state index contributed by atoms with van der Waals surface area (Å²) < 4.78 is 0.763. The Labute approximate surface area is 131 Å². The predicted octanol–water partition coefficient (Wildman–Crippen LogP) is 2.20. The number of nitrogens with zero attached hydrogens (tertiary/aromatic N) is 1. The highest BCUT2D eigenvalue weighted by Gasteiger charge is 2.37. The van der Waals surface area contributed by atoms with Crippen molar-refractivity contribution in [1.82, 2.24) is 5.32 Å². The molecular formula is C15H17BrN2O3. The summed E-state index contributed by atoms with van der Waals surface area (Å²) in [7, 11) is 0.